The number of hydrogen-bond donors (Lipinski definition) is 0. The predicted octanol–water partition coefficient (Wildman–Crippen LogP) is 7.50. The molecule has 0 saturated heterocycles. The minimum Gasteiger partial charge on any atom is -0.289 e. The smallest absolute Gasteiger partial charge is 0.193 e. The minimum absolute atomic E-state index is 0.0729. The van der Waals surface area contributed by atoms with Crippen molar-refractivity contribution in [1.29, 1.82) is 0 Å². The van der Waals surface area contributed by atoms with Crippen molar-refractivity contribution in [2.75, 3.05) is 0 Å². The topological polar surface area (TPSA) is 42.9 Å². The number of hydrogen-bond acceptors (Lipinski definition) is 3. The molecule has 5 heteroatoms. The van der Waals surface area contributed by atoms with Gasteiger partial charge in [-0.1, -0.05) is 96.0 Å². The summed E-state index contributed by atoms with van der Waals surface area (Å²) in [6, 6.07) is 29.7. The van der Waals surface area contributed by atoms with Crippen LogP contribution >= 0.6 is 23.2 Å². The highest BCUT2D eigenvalue weighted by Gasteiger charge is 2.20. The van der Waals surface area contributed by atoms with Gasteiger partial charge < -0.3 is 0 Å². The van der Waals surface area contributed by atoms with Gasteiger partial charge in [0, 0.05) is 22.3 Å². The Bertz CT molecular complexity index is 1470. The second-order valence-electron chi connectivity index (χ2n) is 7.28. The maximum absolute atomic E-state index is 13.4. The standard InChI is InChI=1S/C27H16Cl2N2O/c28-21-15-14-18(16-22(21)29)25-26(31-24-13-7-6-12-23(24)30-25)19-10-4-5-11-20(19)27(32)17-8-2-1-3-9-17/h1-16H. The Labute approximate surface area is 195 Å². The molecule has 0 unspecified atom stereocenters. The molecule has 0 bridgehead atoms. The lowest BCUT2D eigenvalue weighted by Crippen LogP contribution is -2.05. The number of nitrogens with zero attached hydrogens (tertiary/aromatic N) is 2. The molecule has 0 aliphatic carbocycles. The summed E-state index contributed by atoms with van der Waals surface area (Å²) in [5, 5.41) is 0.893. The van der Waals surface area contributed by atoms with E-state index in [2.05, 4.69) is 0 Å². The summed E-state index contributed by atoms with van der Waals surface area (Å²) in [7, 11) is 0. The van der Waals surface area contributed by atoms with Crippen LogP contribution in [0, 0.1) is 0 Å². The summed E-state index contributed by atoms with van der Waals surface area (Å²) >= 11 is 12.4. The summed E-state index contributed by atoms with van der Waals surface area (Å²) in [5.74, 6) is -0.0729. The lowest BCUT2D eigenvalue weighted by atomic mass is 9.94. The Balaban J connectivity index is 1.78. The number of aromatic nitrogens is 2. The van der Waals surface area contributed by atoms with Gasteiger partial charge in [-0.3, -0.25) is 4.79 Å². The Morgan fingerprint density at radius 2 is 1.25 bits per heavy atom. The first kappa shape index (κ1) is 20.4. The van der Waals surface area contributed by atoms with E-state index >= 15 is 0 Å². The van der Waals surface area contributed by atoms with E-state index in [0.717, 1.165) is 16.6 Å². The number of halogens is 2. The molecule has 5 aromatic rings. The molecule has 5 rings (SSSR count). The number of ketones is 1. The van der Waals surface area contributed by atoms with Crippen molar-refractivity contribution in [2.45, 2.75) is 0 Å². The van der Waals surface area contributed by atoms with E-state index in [-0.39, 0.29) is 5.78 Å². The van der Waals surface area contributed by atoms with Crippen molar-refractivity contribution in [3.05, 3.63) is 118 Å². The molecule has 0 amide bonds. The van der Waals surface area contributed by atoms with Crippen LogP contribution in [-0.4, -0.2) is 15.8 Å². The molecule has 1 heterocycles. The lowest BCUT2D eigenvalue weighted by Gasteiger charge is -2.14. The molecule has 0 saturated carbocycles. The molecule has 0 aliphatic rings. The molecule has 0 atom stereocenters. The average molecular weight is 455 g/mol. The van der Waals surface area contributed by atoms with Gasteiger partial charge in [-0.2, -0.15) is 0 Å². The van der Waals surface area contributed by atoms with Gasteiger partial charge in [-0.25, -0.2) is 9.97 Å². The van der Waals surface area contributed by atoms with E-state index in [1.54, 1.807) is 12.1 Å². The summed E-state index contributed by atoms with van der Waals surface area (Å²) in [6.07, 6.45) is 0. The van der Waals surface area contributed by atoms with Crippen LogP contribution in [0.15, 0.2) is 97.1 Å². The molecule has 3 nitrogen and oxygen atoms in total. The fourth-order valence-electron chi connectivity index (χ4n) is 3.67. The molecular weight excluding hydrogens is 439 g/mol. The third kappa shape index (κ3) is 3.77. The van der Waals surface area contributed by atoms with Gasteiger partial charge in [0.2, 0.25) is 0 Å². The van der Waals surface area contributed by atoms with E-state index in [4.69, 9.17) is 33.2 Å². The monoisotopic (exact) mass is 454 g/mol. The van der Waals surface area contributed by atoms with Crippen LogP contribution in [0.25, 0.3) is 33.5 Å². The van der Waals surface area contributed by atoms with Crippen molar-refractivity contribution in [1.82, 2.24) is 9.97 Å². The van der Waals surface area contributed by atoms with Gasteiger partial charge in [-0.15, -0.1) is 0 Å². The molecule has 0 fully saturated rings. The SMILES string of the molecule is O=C(c1ccccc1)c1ccccc1-c1nc2ccccc2nc1-c1ccc(Cl)c(Cl)c1. The zero-order valence-corrected chi connectivity index (χ0v) is 18.3. The van der Waals surface area contributed by atoms with Gasteiger partial charge >= 0.3 is 0 Å². The Kier molecular flexibility index (Phi) is 5.44. The number of benzene rings is 4. The third-order valence-electron chi connectivity index (χ3n) is 5.23. The summed E-state index contributed by atoms with van der Waals surface area (Å²) in [5.41, 5.74) is 5.40. The quantitative estimate of drug-likeness (QED) is 0.264. The van der Waals surface area contributed by atoms with E-state index in [9.17, 15) is 4.79 Å². The van der Waals surface area contributed by atoms with Crippen molar-refractivity contribution < 1.29 is 4.79 Å². The Morgan fingerprint density at radius 3 is 1.97 bits per heavy atom. The van der Waals surface area contributed by atoms with Crippen molar-refractivity contribution in [3.8, 4) is 22.5 Å². The first-order chi connectivity index (χ1) is 15.6. The molecule has 0 radical (unpaired) electrons. The maximum atomic E-state index is 13.4. The van der Waals surface area contributed by atoms with Crippen molar-refractivity contribution >= 4 is 40.0 Å². The zero-order valence-electron chi connectivity index (χ0n) is 16.8. The van der Waals surface area contributed by atoms with Crippen molar-refractivity contribution in [2.24, 2.45) is 0 Å². The number of rotatable bonds is 4. The molecular formula is C27H16Cl2N2O. The van der Waals surface area contributed by atoms with Crippen LogP contribution in [0.1, 0.15) is 15.9 Å². The van der Waals surface area contributed by atoms with Gasteiger partial charge in [0.1, 0.15) is 0 Å². The largest absolute Gasteiger partial charge is 0.289 e. The van der Waals surface area contributed by atoms with Gasteiger partial charge in [0.25, 0.3) is 0 Å². The van der Waals surface area contributed by atoms with Crippen molar-refractivity contribution in [3.63, 3.8) is 0 Å². The van der Waals surface area contributed by atoms with Gasteiger partial charge in [-0.05, 0) is 24.3 Å². The Morgan fingerprint density at radius 1 is 0.625 bits per heavy atom. The van der Waals surface area contributed by atoms with E-state index < -0.39 is 0 Å². The lowest BCUT2D eigenvalue weighted by molar-refractivity contribution is 0.103. The first-order valence-electron chi connectivity index (χ1n) is 10.0. The predicted molar refractivity (Wildman–Crippen MR) is 130 cm³/mol. The third-order valence-corrected chi connectivity index (χ3v) is 5.97. The first-order valence-corrected chi connectivity index (χ1v) is 10.8. The van der Waals surface area contributed by atoms with E-state index in [1.165, 1.54) is 0 Å². The number of carbonyl (C=O) groups is 1. The molecule has 0 aliphatic heterocycles. The minimum atomic E-state index is -0.0729. The Hall–Kier alpha value is -3.53. The van der Waals surface area contributed by atoms with Crippen LogP contribution < -0.4 is 0 Å². The fourth-order valence-corrected chi connectivity index (χ4v) is 3.96. The molecule has 154 valence electrons. The summed E-state index contributed by atoms with van der Waals surface area (Å²) in [6.45, 7) is 0. The molecule has 32 heavy (non-hydrogen) atoms. The van der Waals surface area contributed by atoms with Crippen LogP contribution in [0.4, 0.5) is 0 Å². The number of fused-ring (bicyclic) bond motifs is 1. The van der Waals surface area contributed by atoms with Crippen LogP contribution in [0.2, 0.25) is 10.0 Å². The summed E-state index contributed by atoms with van der Waals surface area (Å²) < 4.78 is 0. The molecule has 0 N–H and O–H groups in total. The van der Waals surface area contributed by atoms with Crippen LogP contribution in [-0.2, 0) is 0 Å². The highest BCUT2D eigenvalue weighted by atomic mass is 35.5. The maximum Gasteiger partial charge on any atom is 0.193 e. The average Bonchev–Trinajstić information content (AvgIpc) is 2.85. The number of carbonyl (C=O) groups excluding carboxylic acids is 1. The second kappa shape index (κ2) is 8.54. The molecule has 4 aromatic carbocycles. The van der Waals surface area contributed by atoms with E-state index in [1.807, 2.05) is 84.9 Å². The number of para-hydroxylation sites is 2. The normalized spacial score (nSPS) is 10.9. The molecule has 0 spiro atoms. The fraction of sp³-hybridized carbons (Fsp3) is 0. The zero-order chi connectivity index (χ0) is 22.1. The molecule has 1 aromatic heterocycles. The highest BCUT2D eigenvalue weighted by Crippen LogP contribution is 2.36. The van der Waals surface area contributed by atoms with E-state index in [0.29, 0.717) is 38.1 Å². The van der Waals surface area contributed by atoms with Crippen LogP contribution in [0.5, 0.6) is 0 Å². The van der Waals surface area contributed by atoms with Gasteiger partial charge in [0.15, 0.2) is 5.78 Å². The van der Waals surface area contributed by atoms with Gasteiger partial charge in [0.05, 0.1) is 32.5 Å². The van der Waals surface area contributed by atoms with Crippen LogP contribution in [0.3, 0.4) is 0 Å². The second-order valence-corrected chi connectivity index (χ2v) is 8.09. The highest BCUT2D eigenvalue weighted by molar-refractivity contribution is 6.42. The summed E-state index contributed by atoms with van der Waals surface area (Å²) in [4.78, 5) is 23.2.